The first-order valence-corrected chi connectivity index (χ1v) is 35.8. The highest BCUT2D eigenvalue weighted by Crippen LogP contribution is 2.35. The third kappa shape index (κ3) is 33.2. The minimum Gasteiger partial charge on any atom is -0.481 e. The zero-order valence-corrected chi connectivity index (χ0v) is 65.2. The van der Waals surface area contributed by atoms with Crippen LogP contribution >= 0.6 is 0 Å². The number of hydrazine groups is 2. The third-order valence-electron chi connectivity index (χ3n) is 16.1. The van der Waals surface area contributed by atoms with E-state index in [1.54, 1.807) is 104 Å². The molecule has 0 fully saturated rings. The molecule has 10 rings (SSSR count). The lowest BCUT2D eigenvalue weighted by Gasteiger charge is -2.24. The maximum Gasteiger partial charge on any atom is 0.416 e. The Balaban J connectivity index is 0.000000327. The number of hydrogen-bond acceptors (Lipinski definition) is 16. The number of rotatable bonds is 20. The minimum atomic E-state index is -4.42. The number of aliphatic carboxylic acids is 1. The number of carboxylic acid groups (broad SMARTS) is 1. The fourth-order valence-corrected chi connectivity index (χ4v) is 10.4. The maximum atomic E-state index is 12.8. The molecule has 7 N–H and O–H groups in total. The summed E-state index contributed by atoms with van der Waals surface area (Å²) < 4.78 is 174. The molecule has 0 spiro atoms. The number of carbonyl (C=O) groups is 6. The van der Waals surface area contributed by atoms with Gasteiger partial charge in [-0.25, -0.2) is 15.4 Å². The summed E-state index contributed by atoms with van der Waals surface area (Å²) in [6.07, 6.45) is -16.2. The Labute approximate surface area is 680 Å². The molecule has 0 unspecified atom stereocenters. The van der Waals surface area contributed by atoms with Gasteiger partial charge in [-0.1, -0.05) is 143 Å². The van der Waals surface area contributed by atoms with Crippen LogP contribution in [0.3, 0.4) is 0 Å². The van der Waals surface area contributed by atoms with Crippen molar-refractivity contribution in [2.45, 2.75) is 151 Å². The minimum absolute atomic E-state index is 0. The zero-order valence-electron chi connectivity index (χ0n) is 65.2. The standard InChI is InChI=1S/C23H26F3N3O4.C23H24F3N3O3.C18H16F3N3O.C15H13F3N2O.C4H8O2.2CH4/c1-22(2,3)33-21(32)29(4)14-19(30)27-28-20(31)18-8-6-5-7-16(18)13-15-9-11-17(12-10-15)23(24,25)26;1-22(2,3)32-21(30)29(4)14-19-27-28-20(31-19)18-8-6-5-7-16(18)13-15-9-11-17(12-10-15)23(24,25)26;1-22-11-16-23-24-17(25-16)15-5-3-2-4-13(15)10-12-6-8-14(9-7-12)18(19,20)21;16-15(17,18)12-7-5-10(6-8-12)9-11-3-1-2-4-13(11)14(21)20-19;1-2-3-4(5)6;;/h5-12H,13-14H2,1-4H3,(H,27,30)(H,28,31);5-12H,13-14H2,1-4H3;2-9,22H,10-11H2,1H3;1-8H,9,19H2,(H,20,21);2-3H2,1H3,(H,5,6);2*1H4. The molecule has 8 aromatic carbocycles. The quantitative estimate of drug-likeness (QED) is 0.0179. The maximum absolute atomic E-state index is 12.8. The van der Waals surface area contributed by atoms with E-state index in [1.807, 2.05) is 54.8 Å². The largest absolute Gasteiger partial charge is 0.481 e. The number of carboxylic acids is 1. The summed E-state index contributed by atoms with van der Waals surface area (Å²) in [5, 5.41) is 26.9. The van der Waals surface area contributed by atoms with E-state index in [-0.39, 0.29) is 51.7 Å². The molecule has 2 aromatic heterocycles. The van der Waals surface area contributed by atoms with Crippen molar-refractivity contribution in [1.82, 2.24) is 51.8 Å². The number of alkyl halides is 12. The summed E-state index contributed by atoms with van der Waals surface area (Å²) in [7, 11) is 4.73. The summed E-state index contributed by atoms with van der Waals surface area (Å²) in [5.41, 5.74) is 10.3. The molecule has 0 saturated carbocycles. The van der Waals surface area contributed by atoms with Crippen LogP contribution in [-0.2, 0) is 82.5 Å². The van der Waals surface area contributed by atoms with E-state index in [2.05, 4.69) is 36.6 Å². The molecule has 34 heteroatoms. The fourth-order valence-electron chi connectivity index (χ4n) is 10.4. The van der Waals surface area contributed by atoms with Crippen molar-refractivity contribution < 1.29 is 105 Å². The molecule has 5 amide bonds. The summed E-state index contributed by atoms with van der Waals surface area (Å²) in [6, 6.07) is 47.8. The Morgan fingerprint density at radius 2 is 0.756 bits per heavy atom. The molecular weight excluding hydrogens is 1580 g/mol. The van der Waals surface area contributed by atoms with E-state index in [9.17, 15) is 81.5 Å². The monoisotopic (exact) mass is 1670 g/mol. The normalized spacial score (nSPS) is 11.3. The van der Waals surface area contributed by atoms with Gasteiger partial charge < -0.3 is 38.5 Å². The van der Waals surface area contributed by atoms with Crippen LogP contribution in [0.4, 0.5) is 62.3 Å². The number of ether oxygens (including phenoxy) is 2. The second-order valence-electron chi connectivity index (χ2n) is 27.9. The van der Waals surface area contributed by atoms with Crippen molar-refractivity contribution in [3.63, 3.8) is 0 Å². The van der Waals surface area contributed by atoms with Gasteiger partial charge in [0.2, 0.25) is 23.6 Å². The Morgan fingerprint density at radius 1 is 0.437 bits per heavy atom. The number of benzene rings is 8. The first kappa shape index (κ1) is 98.9. The number of nitrogens with one attached hydrogen (secondary N) is 4. The van der Waals surface area contributed by atoms with Crippen LogP contribution < -0.4 is 27.4 Å². The van der Waals surface area contributed by atoms with Crippen molar-refractivity contribution in [2.75, 3.05) is 27.7 Å². The lowest BCUT2D eigenvalue weighted by Crippen LogP contribution is -2.47. The van der Waals surface area contributed by atoms with Gasteiger partial charge in [0.25, 0.3) is 17.7 Å². The Morgan fingerprint density at radius 3 is 1.08 bits per heavy atom. The number of amides is 5. The lowest BCUT2D eigenvalue weighted by molar-refractivity contribution is -0.138. The fraction of sp³-hybridized carbons (Fsp3) is 0.318. The predicted octanol–water partition coefficient (Wildman–Crippen LogP) is 18.7. The van der Waals surface area contributed by atoms with Gasteiger partial charge in [-0.05, 0) is 198 Å². The molecule has 0 aliphatic rings. The van der Waals surface area contributed by atoms with Gasteiger partial charge in [0, 0.05) is 42.8 Å². The van der Waals surface area contributed by atoms with Crippen molar-refractivity contribution in [3.8, 4) is 22.9 Å². The molecule has 0 aliphatic carbocycles. The van der Waals surface area contributed by atoms with Gasteiger partial charge in [0.05, 0.1) is 28.8 Å². The van der Waals surface area contributed by atoms with Gasteiger partial charge in [-0.2, -0.15) is 52.7 Å². The molecule has 10 aromatic rings. The average Bonchev–Trinajstić information content (AvgIpc) is 1.41. The van der Waals surface area contributed by atoms with Crippen LogP contribution in [0, 0.1) is 0 Å². The number of nitrogen functional groups attached to an aromatic ring is 1. The molecule has 640 valence electrons. The zero-order chi connectivity index (χ0) is 86.6. The van der Waals surface area contributed by atoms with Crippen LogP contribution in [0.15, 0.2) is 203 Å². The molecule has 0 bridgehead atoms. The van der Waals surface area contributed by atoms with Gasteiger partial charge in [-0.3, -0.25) is 35.5 Å². The highest BCUT2D eigenvalue weighted by molar-refractivity contribution is 5.97. The highest BCUT2D eigenvalue weighted by atomic mass is 19.4. The summed E-state index contributed by atoms with van der Waals surface area (Å²) >= 11 is 0. The van der Waals surface area contributed by atoms with Gasteiger partial charge in [0.1, 0.15) is 24.3 Å². The number of nitrogens with zero attached hydrogens (tertiary/aromatic N) is 6. The predicted molar refractivity (Wildman–Crippen MR) is 422 cm³/mol. The number of hydrogen-bond donors (Lipinski definition) is 6. The smallest absolute Gasteiger partial charge is 0.416 e. The highest BCUT2D eigenvalue weighted by Gasteiger charge is 2.34. The van der Waals surface area contributed by atoms with E-state index >= 15 is 0 Å². The van der Waals surface area contributed by atoms with Crippen molar-refractivity contribution in [3.05, 3.63) is 284 Å². The van der Waals surface area contributed by atoms with Crippen LogP contribution in [0.1, 0.15) is 175 Å². The molecule has 0 radical (unpaired) electrons. The van der Waals surface area contributed by atoms with Crippen LogP contribution in [0.25, 0.3) is 22.9 Å². The summed E-state index contributed by atoms with van der Waals surface area (Å²) in [6.45, 7) is 12.4. The first-order chi connectivity index (χ1) is 54.8. The molecule has 119 heavy (non-hydrogen) atoms. The van der Waals surface area contributed by atoms with Crippen molar-refractivity contribution >= 4 is 35.9 Å². The Hall–Kier alpha value is -12.5. The van der Waals surface area contributed by atoms with E-state index < -0.39 is 94.0 Å². The molecule has 0 atom stereocenters. The molecule has 0 aliphatic heterocycles. The molecule has 0 saturated heterocycles. The van der Waals surface area contributed by atoms with E-state index in [0.29, 0.717) is 77.4 Å². The number of halogens is 12. The van der Waals surface area contributed by atoms with E-state index in [0.717, 1.165) is 87.7 Å². The van der Waals surface area contributed by atoms with Crippen LogP contribution in [0.2, 0.25) is 0 Å². The summed E-state index contributed by atoms with van der Waals surface area (Å²) in [4.78, 5) is 72.3. The van der Waals surface area contributed by atoms with Crippen molar-refractivity contribution in [1.29, 1.82) is 0 Å². The third-order valence-corrected chi connectivity index (χ3v) is 16.1. The summed E-state index contributed by atoms with van der Waals surface area (Å²) in [5.74, 6) is 4.09. The second kappa shape index (κ2) is 44.8. The van der Waals surface area contributed by atoms with E-state index in [4.69, 9.17) is 29.3 Å². The Kier molecular flexibility index (Phi) is 37.2. The molecule has 2 heterocycles. The van der Waals surface area contributed by atoms with Crippen LogP contribution in [0.5, 0.6) is 0 Å². The molecular formula is C85H95F12N11O11. The second-order valence-corrected chi connectivity index (χ2v) is 27.9. The lowest BCUT2D eigenvalue weighted by atomic mass is 9.98. The average molecular weight is 1670 g/mol. The van der Waals surface area contributed by atoms with E-state index in [1.165, 1.54) is 66.5 Å². The number of nitrogens with two attached hydrogens (primary N) is 1. The number of likely N-dealkylation sites (N-methyl/N-ethyl adjacent to an activating group) is 1. The molecule has 22 nitrogen and oxygen atoms in total. The van der Waals surface area contributed by atoms with Crippen molar-refractivity contribution in [2.24, 2.45) is 5.84 Å². The van der Waals surface area contributed by atoms with Gasteiger partial charge in [0.15, 0.2) is 0 Å². The topological polar surface area (TPSA) is 300 Å². The first-order valence-electron chi connectivity index (χ1n) is 35.8. The number of aromatic nitrogens is 4. The number of carbonyl (C=O) groups excluding carboxylic acids is 5. The van der Waals surface area contributed by atoms with Crippen LogP contribution in [-0.4, -0.2) is 110 Å². The Bertz CT molecular complexity index is 4890. The van der Waals surface area contributed by atoms with Gasteiger partial charge in [-0.15, -0.1) is 20.4 Å². The van der Waals surface area contributed by atoms with Gasteiger partial charge >= 0.3 is 42.9 Å². The SMILES string of the molecule is C.C.CCCC(=O)O.CN(CC(=O)NNC(=O)c1ccccc1Cc1ccc(C(F)(F)F)cc1)C(=O)OC(C)(C)C.CN(Cc1nnc(-c2ccccc2Cc2ccc(C(F)(F)F)cc2)o1)C(=O)OC(C)(C)C.CNCc1nnc(-c2ccccc2Cc2ccc(C(F)(F)F)cc2)o1.NNC(=O)c1ccccc1Cc1ccc(C(F)(F)F)cc1.